The van der Waals surface area contributed by atoms with Crippen LogP contribution < -0.4 is 10.6 Å². The Bertz CT molecular complexity index is 423. The molecule has 0 aromatic carbocycles. The maximum atomic E-state index is 11.0. The second-order valence-electron chi connectivity index (χ2n) is 5.90. The Hall–Kier alpha value is -1.17. The lowest BCUT2D eigenvalue weighted by molar-refractivity contribution is -0.143. The fourth-order valence-electron chi connectivity index (χ4n) is 2.65. The van der Waals surface area contributed by atoms with Crippen molar-refractivity contribution >= 4 is 26.0 Å². The van der Waals surface area contributed by atoms with Gasteiger partial charge in [0.15, 0.2) is 0 Å². The van der Waals surface area contributed by atoms with Crippen molar-refractivity contribution in [3.63, 3.8) is 0 Å². The molecule has 0 aromatic heterocycles. The minimum absolute atomic E-state index is 0. The number of nitrogens with one attached hydrogen (secondary N) is 2. The monoisotopic (exact) mass is 360 g/mol. The van der Waals surface area contributed by atoms with Crippen molar-refractivity contribution in [2.75, 3.05) is 39.3 Å². The Morgan fingerprint density at radius 1 is 1.04 bits per heavy atom. The molecule has 2 saturated heterocycles. The van der Waals surface area contributed by atoms with E-state index in [0.717, 1.165) is 13.1 Å². The SMILES string of the molecule is C.CB(O)N1CCN(B(C)O)C(C(=O)O)C1.O=C(O)C1CNCCN1. The van der Waals surface area contributed by atoms with E-state index in [0.29, 0.717) is 19.6 Å². The number of hydrogen-bond acceptors (Lipinski definition) is 8. The summed E-state index contributed by atoms with van der Waals surface area (Å²) >= 11 is 0. The number of carbonyl (C=O) groups is 2. The fraction of sp³-hybridized carbons (Fsp3) is 0.846. The van der Waals surface area contributed by atoms with Crippen LogP contribution in [0.25, 0.3) is 0 Å². The Morgan fingerprint density at radius 2 is 1.68 bits per heavy atom. The Balaban J connectivity index is 0.000000495. The fourth-order valence-corrected chi connectivity index (χ4v) is 2.65. The highest BCUT2D eigenvalue weighted by Gasteiger charge is 2.37. The topological polar surface area (TPSA) is 146 Å². The van der Waals surface area contributed by atoms with Gasteiger partial charge in [-0.3, -0.25) is 9.59 Å². The quantitative estimate of drug-likeness (QED) is 0.299. The van der Waals surface area contributed by atoms with Crippen LogP contribution in [0.3, 0.4) is 0 Å². The predicted octanol–water partition coefficient (Wildman–Crippen LogP) is -2.45. The first kappa shape index (κ1) is 23.8. The van der Waals surface area contributed by atoms with Gasteiger partial charge in [-0.05, 0) is 13.6 Å². The van der Waals surface area contributed by atoms with Crippen molar-refractivity contribution in [1.82, 2.24) is 20.3 Å². The van der Waals surface area contributed by atoms with E-state index < -0.39 is 38.1 Å². The van der Waals surface area contributed by atoms with Gasteiger partial charge in [0.25, 0.3) is 0 Å². The zero-order valence-electron chi connectivity index (χ0n) is 14.1. The Kier molecular flexibility index (Phi) is 10.9. The first-order valence-corrected chi connectivity index (χ1v) is 7.99. The van der Waals surface area contributed by atoms with E-state index in [-0.39, 0.29) is 14.0 Å². The Morgan fingerprint density at radius 3 is 2.04 bits per heavy atom. The molecule has 25 heavy (non-hydrogen) atoms. The van der Waals surface area contributed by atoms with Crippen molar-refractivity contribution in [2.24, 2.45) is 0 Å². The molecule has 0 aromatic rings. The average molecular weight is 360 g/mol. The molecule has 0 amide bonds. The van der Waals surface area contributed by atoms with Gasteiger partial charge in [0.1, 0.15) is 12.1 Å². The molecular weight excluding hydrogens is 330 g/mol. The zero-order chi connectivity index (χ0) is 18.3. The standard InChI is InChI=1S/C7H16B2N2O4.C5H10N2O2.CH4/c1-8(14)10-3-4-11(9(2)15)6(5-10)7(12)13;8-5(9)4-3-6-1-2-7-4;/h6,14-15H,3-5H2,1-2H3,(H,12,13);4,6-7H,1-3H2,(H,8,9);1H4. The van der Waals surface area contributed by atoms with E-state index in [9.17, 15) is 19.6 Å². The van der Waals surface area contributed by atoms with Crippen molar-refractivity contribution in [1.29, 1.82) is 0 Å². The zero-order valence-corrected chi connectivity index (χ0v) is 14.1. The maximum Gasteiger partial charge on any atom is 0.377 e. The lowest BCUT2D eigenvalue weighted by Gasteiger charge is -2.40. The minimum atomic E-state index is -0.971. The molecule has 2 heterocycles. The summed E-state index contributed by atoms with van der Waals surface area (Å²) in [6, 6.07) is -1.15. The van der Waals surface area contributed by atoms with Gasteiger partial charge in [-0.2, -0.15) is 0 Å². The summed E-state index contributed by atoms with van der Waals surface area (Å²) < 4.78 is 0. The van der Waals surface area contributed by atoms with Gasteiger partial charge >= 0.3 is 26.0 Å². The summed E-state index contributed by atoms with van der Waals surface area (Å²) in [5.74, 6) is -1.75. The molecule has 12 heteroatoms. The molecule has 0 aliphatic carbocycles. The lowest BCUT2D eigenvalue weighted by atomic mass is 9.78. The molecule has 10 nitrogen and oxygen atoms in total. The van der Waals surface area contributed by atoms with Gasteiger partial charge in [-0.1, -0.05) is 7.43 Å². The number of nitrogens with zero attached hydrogens (tertiary/aromatic N) is 2. The molecule has 0 saturated carbocycles. The molecule has 2 rings (SSSR count). The van der Waals surface area contributed by atoms with Crippen LogP contribution in [0.15, 0.2) is 0 Å². The summed E-state index contributed by atoms with van der Waals surface area (Å²) in [5.41, 5.74) is 0. The van der Waals surface area contributed by atoms with Gasteiger partial charge in [-0.25, -0.2) is 0 Å². The number of carboxylic acids is 2. The molecule has 0 spiro atoms. The largest absolute Gasteiger partial charge is 0.480 e. The molecule has 2 unspecified atom stereocenters. The molecular formula is C13H30B2N4O6. The first-order chi connectivity index (χ1) is 11.2. The van der Waals surface area contributed by atoms with E-state index in [1.54, 1.807) is 18.5 Å². The highest BCUT2D eigenvalue weighted by atomic mass is 16.4. The van der Waals surface area contributed by atoms with E-state index in [1.807, 2.05) is 0 Å². The second-order valence-corrected chi connectivity index (χ2v) is 5.90. The lowest BCUT2D eigenvalue weighted by Crippen LogP contribution is -2.62. The van der Waals surface area contributed by atoms with Gasteiger partial charge in [0.2, 0.25) is 0 Å². The normalized spacial score (nSPS) is 24.3. The van der Waals surface area contributed by atoms with Crippen LogP contribution in [-0.4, -0.2) is 107 Å². The smallest absolute Gasteiger partial charge is 0.377 e. The summed E-state index contributed by atoms with van der Waals surface area (Å²) in [4.78, 5) is 24.4. The third kappa shape index (κ3) is 7.72. The van der Waals surface area contributed by atoms with E-state index in [1.165, 1.54) is 4.81 Å². The highest BCUT2D eigenvalue weighted by Crippen LogP contribution is 2.11. The number of piperazine rings is 2. The summed E-state index contributed by atoms with van der Waals surface area (Å²) in [7, 11) is -1.43. The van der Waals surface area contributed by atoms with Gasteiger partial charge in [0.05, 0.1) is 0 Å². The molecule has 0 bridgehead atoms. The number of hydrogen-bond donors (Lipinski definition) is 6. The number of aliphatic carboxylic acids is 2. The third-order valence-electron chi connectivity index (χ3n) is 4.09. The van der Waals surface area contributed by atoms with Gasteiger partial charge < -0.3 is 40.5 Å². The van der Waals surface area contributed by atoms with Crippen molar-refractivity contribution < 1.29 is 29.9 Å². The molecule has 2 atom stereocenters. The summed E-state index contributed by atoms with van der Waals surface area (Å²) in [5, 5.41) is 42.0. The number of rotatable bonds is 4. The van der Waals surface area contributed by atoms with E-state index in [4.69, 9.17) is 10.2 Å². The van der Waals surface area contributed by atoms with Gasteiger partial charge in [0, 0.05) is 39.3 Å². The molecule has 2 aliphatic heterocycles. The van der Waals surface area contributed by atoms with Crippen LogP contribution >= 0.6 is 0 Å². The third-order valence-corrected chi connectivity index (χ3v) is 4.09. The van der Waals surface area contributed by atoms with E-state index >= 15 is 0 Å². The maximum absolute atomic E-state index is 11.0. The highest BCUT2D eigenvalue weighted by molar-refractivity contribution is 6.46. The molecule has 0 radical (unpaired) electrons. The minimum Gasteiger partial charge on any atom is -0.480 e. The van der Waals surface area contributed by atoms with Crippen LogP contribution in [0, 0.1) is 0 Å². The molecule has 144 valence electrons. The van der Waals surface area contributed by atoms with Crippen molar-refractivity contribution in [2.45, 2.75) is 33.2 Å². The summed E-state index contributed by atoms with van der Waals surface area (Å²) in [6.45, 7) is 6.55. The molecule has 2 aliphatic rings. The van der Waals surface area contributed by atoms with Crippen molar-refractivity contribution in [3.05, 3.63) is 0 Å². The molecule has 2 fully saturated rings. The van der Waals surface area contributed by atoms with Crippen LogP contribution in [0.4, 0.5) is 0 Å². The van der Waals surface area contributed by atoms with Crippen LogP contribution in [0.1, 0.15) is 7.43 Å². The predicted molar refractivity (Wildman–Crippen MR) is 96.4 cm³/mol. The summed E-state index contributed by atoms with van der Waals surface area (Å²) in [6.07, 6.45) is 0. The molecule has 6 N–H and O–H groups in total. The second kappa shape index (κ2) is 11.4. The number of carboxylic acid groups (broad SMARTS) is 2. The Labute approximate surface area is 149 Å². The first-order valence-electron chi connectivity index (χ1n) is 7.99. The van der Waals surface area contributed by atoms with Crippen LogP contribution in [-0.2, 0) is 9.59 Å². The average Bonchev–Trinajstić information content (AvgIpc) is 2.55. The van der Waals surface area contributed by atoms with Crippen LogP contribution in [0.5, 0.6) is 0 Å². The van der Waals surface area contributed by atoms with Gasteiger partial charge in [-0.15, -0.1) is 0 Å². The van der Waals surface area contributed by atoms with Crippen molar-refractivity contribution in [3.8, 4) is 0 Å². The van der Waals surface area contributed by atoms with Crippen LogP contribution in [0.2, 0.25) is 13.6 Å². The van der Waals surface area contributed by atoms with E-state index in [2.05, 4.69) is 10.6 Å².